The Bertz CT molecular complexity index is 113. The van der Waals surface area contributed by atoms with Gasteiger partial charge in [-0.25, -0.2) is 5.06 Å². The van der Waals surface area contributed by atoms with Crippen LogP contribution in [0.2, 0.25) is 0 Å². The second-order valence-electron chi connectivity index (χ2n) is 1.79. The molecule has 1 heterocycles. The molecule has 0 aromatic heterocycles. The lowest BCUT2D eigenvalue weighted by atomic mass is 10.4. The summed E-state index contributed by atoms with van der Waals surface area (Å²) in [5, 5.41) is 1.61. The van der Waals surface area contributed by atoms with Crippen molar-refractivity contribution in [2.24, 2.45) is 0 Å². The second kappa shape index (κ2) is 2.37. The Balaban J connectivity index is 2.41. The van der Waals surface area contributed by atoms with Gasteiger partial charge >= 0.3 is 0 Å². The van der Waals surface area contributed by atoms with Crippen LogP contribution in [-0.2, 0) is 4.84 Å². The van der Waals surface area contributed by atoms with Crippen molar-refractivity contribution in [3.63, 3.8) is 0 Å². The summed E-state index contributed by atoms with van der Waals surface area (Å²) in [7, 11) is 0. The van der Waals surface area contributed by atoms with Gasteiger partial charge in [-0.1, -0.05) is 0 Å². The van der Waals surface area contributed by atoms with Gasteiger partial charge in [-0.05, 0) is 12.5 Å². The van der Waals surface area contributed by atoms with Gasteiger partial charge in [0.1, 0.15) is 6.00 Å². The maximum absolute atomic E-state index is 5.43. The smallest absolute Gasteiger partial charge is 0.119 e. The number of hydrogen-bond donors (Lipinski definition) is 0. The fourth-order valence-electron chi connectivity index (χ4n) is 0.574. The average Bonchev–Trinajstić information content (AvgIpc) is 2.14. The van der Waals surface area contributed by atoms with Gasteiger partial charge in [-0.15, -0.1) is 11.6 Å². The molecule has 1 aliphatic rings. The van der Waals surface area contributed by atoms with Gasteiger partial charge in [0.2, 0.25) is 0 Å². The monoisotopic (exact) mass is 133 g/mol. The van der Waals surface area contributed by atoms with Gasteiger partial charge in [0.15, 0.2) is 0 Å². The zero-order valence-electron chi connectivity index (χ0n) is 4.72. The maximum atomic E-state index is 5.43. The molecule has 0 saturated carbocycles. The van der Waals surface area contributed by atoms with Crippen molar-refractivity contribution in [3.05, 3.63) is 11.8 Å². The predicted molar refractivity (Wildman–Crippen MR) is 32.3 cm³/mol. The summed E-state index contributed by atoms with van der Waals surface area (Å²) in [6.45, 7) is 2.69. The third kappa shape index (κ3) is 1.14. The zero-order chi connectivity index (χ0) is 5.98. The standard InChI is InChI=1S/C5H8ClNO/c1-5-2-7(4-6)8-3-5/h2H,3-4H2,1H3. The number of hydrogen-bond acceptors (Lipinski definition) is 2. The average molecular weight is 134 g/mol. The summed E-state index contributed by atoms with van der Waals surface area (Å²) in [6, 6.07) is 0.414. The maximum Gasteiger partial charge on any atom is 0.119 e. The minimum absolute atomic E-state index is 0.414. The number of nitrogens with zero attached hydrogens (tertiary/aromatic N) is 1. The van der Waals surface area contributed by atoms with Crippen molar-refractivity contribution >= 4 is 11.6 Å². The number of halogens is 1. The Labute approximate surface area is 53.6 Å². The van der Waals surface area contributed by atoms with E-state index in [0.29, 0.717) is 12.6 Å². The normalized spacial score (nSPS) is 19.2. The van der Waals surface area contributed by atoms with Crippen LogP contribution in [0.1, 0.15) is 6.92 Å². The molecule has 0 radical (unpaired) electrons. The molecule has 0 saturated heterocycles. The molecule has 8 heavy (non-hydrogen) atoms. The van der Waals surface area contributed by atoms with Crippen LogP contribution >= 0.6 is 11.6 Å². The van der Waals surface area contributed by atoms with Crippen molar-refractivity contribution in [3.8, 4) is 0 Å². The molecule has 1 aliphatic heterocycles. The Morgan fingerprint density at radius 1 is 2.00 bits per heavy atom. The topological polar surface area (TPSA) is 12.5 Å². The summed E-state index contributed by atoms with van der Waals surface area (Å²) in [5.74, 6) is 0. The van der Waals surface area contributed by atoms with E-state index in [-0.39, 0.29) is 0 Å². The second-order valence-corrected chi connectivity index (χ2v) is 2.02. The van der Waals surface area contributed by atoms with Crippen molar-refractivity contribution < 1.29 is 4.84 Å². The van der Waals surface area contributed by atoms with Crippen LogP contribution in [-0.4, -0.2) is 17.7 Å². The quantitative estimate of drug-likeness (QED) is 0.395. The van der Waals surface area contributed by atoms with E-state index in [1.54, 1.807) is 5.06 Å². The highest BCUT2D eigenvalue weighted by Gasteiger charge is 2.06. The van der Waals surface area contributed by atoms with Crippen LogP contribution in [0.15, 0.2) is 11.8 Å². The van der Waals surface area contributed by atoms with E-state index in [4.69, 9.17) is 16.4 Å². The molecule has 0 atom stereocenters. The first-order chi connectivity index (χ1) is 3.83. The SMILES string of the molecule is CC1=CN(CCl)OC1. The van der Waals surface area contributed by atoms with Gasteiger partial charge in [0.25, 0.3) is 0 Å². The van der Waals surface area contributed by atoms with Gasteiger partial charge in [0.05, 0.1) is 6.61 Å². The van der Waals surface area contributed by atoms with E-state index < -0.39 is 0 Å². The van der Waals surface area contributed by atoms with Crippen LogP contribution in [0.3, 0.4) is 0 Å². The van der Waals surface area contributed by atoms with E-state index in [1.165, 1.54) is 5.57 Å². The molecule has 1 rings (SSSR count). The van der Waals surface area contributed by atoms with Crippen LogP contribution in [0, 0.1) is 0 Å². The molecule has 0 N–H and O–H groups in total. The minimum atomic E-state index is 0.414. The van der Waals surface area contributed by atoms with E-state index in [9.17, 15) is 0 Å². The zero-order valence-corrected chi connectivity index (χ0v) is 5.48. The van der Waals surface area contributed by atoms with Crippen molar-refractivity contribution in [2.45, 2.75) is 6.92 Å². The third-order valence-corrected chi connectivity index (χ3v) is 1.18. The Morgan fingerprint density at radius 2 is 2.75 bits per heavy atom. The molecule has 0 aliphatic carbocycles. The Morgan fingerprint density at radius 3 is 3.00 bits per heavy atom. The fourth-order valence-corrected chi connectivity index (χ4v) is 0.712. The predicted octanol–water partition coefficient (Wildman–Crippen LogP) is 1.33. The first-order valence-corrected chi connectivity index (χ1v) is 2.99. The van der Waals surface area contributed by atoms with Gasteiger partial charge in [-0.3, -0.25) is 4.84 Å². The molecule has 0 aromatic rings. The number of alkyl halides is 1. The van der Waals surface area contributed by atoms with E-state index in [0.717, 1.165) is 0 Å². The molecule has 3 heteroatoms. The van der Waals surface area contributed by atoms with Crippen LogP contribution < -0.4 is 0 Å². The van der Waals surface area contributed by atoms with Gasteiger partial charge in [0, 0.05) is 6.20 Å². The van der Waals surface area contributed by atoms with Gasteiger partial charge in [-0.2, -0.15) is 0 Å². The molecule has 0 aromatic carbocycles. The summed E-state index contributed by atoms with van der Waals surface area (Å²) in [6.07, 6.45) is 1.90. The molecular weight excluding hydrogens is 126 g/mol. The summed E-state index contributed by atoms with van der Waals surface area (Å²) >= 11 is 5.43. The molecule has 0 spiro atoms. The number of rotatable bonds is 1. The fraction of sp³-hybridized carbons (Fsp3) is 0.600. The van der Waals surface area contributed by atoms with E-state index in [1.807, 2.05) is 13.1 Å². The Kier molecular flexibility index (Phi) is 1.76. The third-order valence-electron chi connectivity index (χ3n) is 0.940. The number of hydroxylamine groups is 2. The molecule has 0 bridgehead atoms. The summed E-state index contributed by atoms with van der Waals surface area (Å²) in [5.41, 5.74) is 1.21. The molecule has 0 fully saturated rings. The highest BCUT2D eigenvalue weighted by atomic mass is 35.5. The largest absolute Gasteiger partial charge is 0.268 e. The van der Waals surface area contributed by atoms with Crippen LogP contribution in [0.25, 0.3) is 0 Å². The minimum Gasteiger partial charge on any atom is -0.268 e. The summed E-state index contributed by atoms with van der Waals surface area (Å²) in [4.78, 5) is 5.02. The van der Waals surface area contributed by atoms with Crippen LogP contribution in [0.5, 0.6) is 0 Å². The van der Waals surface area contributed by atoms with Crippen molar-refractivity contribution in [1.29, 1.82) is 0 Å². The Hall–Kier alpha value is -0.210. The first-order valence-electron chi connectivity index (χ1n) is 2.46. The molecular formula is C5H8ClNO. The molecule has 46 valence electrons. The first kappa shape index (κ1) is 5.92. The van der Waals surface area contributed by atoms with E-state index in [2.05, 4.69) is 0 Å². The lowest BCUT2D eigenvalue weighted by molar-refractivity contribution is -0.0755. The van der Waals surface area contributed by atoms with Gasteiger partial charge < -0.3 is 0 Å². The summed E-state index contributed by atoms with van der Waals surface area (Å²) < 4.78 is 0. The molecule has 0 amide bonds. The molecule has 0 unspecified atom stereocenters. The highest BCUT2D eigenvalue weighted by Crippen LogP contribution is 2.08. The highest BCUT2D eigenvalue weighted by molar-refractivity contribution is 6.17. The van der Waals surface area contributed by atoms with Crippen molar-refractivity contribution in [1.82, 2.24) is 5.06 Å². The lowest BCUT2D eigenvalue weighted by Crippen LogP contribution is -2.09. The van der Waals surface area contributed by atoms with Crippen LogP contribution in [0.4, 0.5) is 0 Å². The molecule has 2 nitrogen and oxygen atoms in total. The lowest BCUT2D eigenvalue weighted by Gasteiger charge is -2.07. The van der Waals surface area contributed by atoms with Crippen molar-refractivity contribution in [2.75, 3.05) is 12.6 Å². The van der Waals surface area contributed by atoms with E-state index >= 15 is 0 Å².